The van der Waals surface area contributed by atoms with Gasteiger partial charge in [0.2, 0.25) is 5.91 Å². The zero-order valence-corrected chi connectivity index (χ0v) is 9.88. The molecule has 1 aliphatic carbocycles. The number of amides is 1. The molecule has 2 fully saturated rings. The van der Waals surface area contributed by atoms with E-state index in [-0.39, 0.29) is 11.3 Å². The third-order valence-electron chi connectivity index (χ3n) is 3.82. The van der Waals surface area contributed by atoms with Crippen LogP contribution in [0.2, 0.25) is 0 Å². The molecule has 1 aliphatic heterocycles. The topological polar surface area (TPSA) is 29.5 Å². The normalized spacial score (nSPS) is 29.4. The van der Waals surface area contributed by atoms with E-state index < -0.39 is 12.8 Å². The Hall–Kier alpha value is -0.640. The van der Waals surface area contributed by atoms with Crippen molar-refractivity contribution in [1.82, 2.24) is 4.90 Å². The lowest BCUT2D eigenvalue weighted by Gasteiger charge is -2.36. The molecule has 1 unspecified atom stereocenters. The molecule has 1 saturated carbocycles. The summed E-state index contributed by atoms with van der Waals surface area (Å²) in [5, 5.41) is 0. The fraction of sp³-hybridized carbons (Fsp3) is 0.917. The first-order valence-electron chi connectivity index (χ1n) is 6.13. The molecule has 0 aromatic rings. The molecule has 0 aromatic carbocycles. The van der Waals surface area contributed by atoms with Crippen LogP contribution in [0.15, 0.2) is 0 Å². The largest absolute Gasteiger partial charge is 0.372 e. The number of carbonyl (C=O) groups is 1. The second-order valence-corrected chi connectivity index (χ2v) is 5.17. The van der Waals surface area contributed by atoms with E-state index in [1.807, 2.05) is 6.92 Å². The van der Waals surface area contributed by atoms with Crippen LogP contribution >= 0.6 is 0 Å². The monoisotopic (exact) mass is 229 g/mol. The van der Waals surface area contributed by atoms with Gasteiger partial charge in [0.15, 0.2) is 0 Å². The molecule has 1 amide bonds. The molecular weight excluding hydrogens is 209 g/mol. The van der Waals surface area contributed by atoms with Crippen LogP contribution in [0.5, 0.6) is 0 Å². The summed E-state index contributed by atoms with van der Waals surface area (Å²) in [5.74, 6) is 0.201. The van der Waals surface area contributed by atoms with Crippen LogP contribution in [0, 0.1) is 5.41 Å². The maximum Gasteiger partial charge on any atom is 0.228 e. The van der Waals surface area contributed by atoms with Gasteiger partial charge in [0.1, 0.15) is 12.8 Å². The van der Waals surface area contributed by atoms with Gasteiger partial charge in [-0.25, -0.2) is 4.39 Å². The zero-order valence-electron chi connectivity index (χ0n) is 9.88. The van der Waals surface area contributed by atoms with E-state index in [0.717, 1.165) is 25.7 Å². The molecule has 4 heteroatoms. The van der Waals surface area contributed by atoms with E-state index in [1.54, 1.807) is 4.90 Å². The van der Waals surface area contributed by atoms with Gasteiger partial charge in [0.05, 0.1) is 6.61 Å². The Bertz CT molecular complexity index is 264. The van der Waals surface area contributed by atoms with E-state index in [0.29, 0.717) is 19.7 Å². The maximum atomic E-state index is 12.5. The Labute approximate surface area is 95.9 Å². The third-order valence-corrected chi connectivity index (χ3v) is 3.82. The highest BCUT2D eigenvalue weighted by atomic mass is 19.1. The predicted octanol–water partition coefficient (Wildman–Crippen LogP) is 1.76. The predicted molar refractivity (Wildman–Crippen MR) is 58.9 cm³/mol. The summed E-state index contributed by atoms with van der Waals surface area (Å²) in [4.78, 5) is 14.1. The summed E-state index contributed by atoms with van der Waals surface area (Å²) in [6.07, 6.45) is 3.81. The van der Waals surface area contributed by atoms with Crippen LogP contribution in [0.3, 0.4) is 0 Å². The van der Waals surface area contributed by atoms with Gasteiger partial charge < -0.3 is 9.64 Å². The minimum Gasteiger partial charge on any atom is -0.372 e. The zero-order chi connectivity index (χ0) is 11.6. The highest BCUT2D eigenvalue weighted by Crippen LogP contribution is 2.39. The lowest BCUT2D eigenvalue weighted by Crippen LogP contribution is -2.50. The summed E-state index contributed by atoms with van der Waals surface area (Å²) in [5.41, 5.74) is -0.196. The fourth-order valence-electron chi connectivity index (χ4n) is 2.75. The highest BCUT2D eigenvalue weighted by molar-refractivity contribution is 5.82. The standard InChI is InChI=1S/C12H20FNO2/c1-12(4-2-3-5-12)11(15)14-6-7-16-10(8-13)9-14/h10H,2-9H2,1H3. The average Bonchev–Trinajstić information content (AvgIpc) is 2.76. The smallest absolute Gasteiger partial charge is 0.228 e. The second kappa shape index (κ2) is 4.70. The maximum absolute atomic E-state index is 12.5. The molecule has 16 heavy (non-hydrogen) atoms. The number of hydrogen-bond donors (Lipinski definition) is 0. The van der Waals surface area contributed by atoms with E-state index in [9.17, 15) is 9.18 Å². The van der Waals surface area contributed by atoms with E-state index in [2.05, 4.69) is 0 Å². The average molecular weight is 229 g/mol. The van der Waals surface area contributed by atoms with Crippen molar-refractivity contribution >= 4 is 5.91 Å². The van der Waals surface area contributed by atoms with Crippen molar-refractivity contribution in [2.24, 2.45) is 5.41 Å². The molecule has 0 radical (unpaired) electrons. The molecule has 0 spiro atoms. The van der Waals surface area contributed by atoms with Crippen molar-refractivity contribution < 1.29 is 13.9 Å². The van der Waals surface area contributed by atoms with Crippen LogP contribution < -0.4 is 0 Å². The summed E-state index contributed by atoms with van der Waals surface area (Å²) in [6.45, 7) is 3.05. The Balaban J connectivity index is 1.98. The SMILES string of the molecule is CC1(C(=O)N2CCOC(CF)C2)CCCC1. The van der Waals surface area contributed by atoms with E-state index >= 15 is 0 Å². The van der Waals surface area contributed by atoms with Crippen molar-refractivity contribution in [3.8, 4) is 0 Å². The summed E-state index contributed by atoms with van der Waals surface area (Å²) in [6, 6.07) is 0. The van der Waals surface area contributed by atoms with Gasteiger partial charge in [0, 0.05) is 18.5 Å². The number of morpholine rings is 1. The second-order valence-electron chi connectivity index (χ2n) is 5.17. The Morgan fingerprint density at radius 2 is 2.19 bits per heavy atom. The molecule has 0 bridgehead atoms. The Morgan fingerprint density at radius 3 is 2.81 bits per heavy atom. The molecule has 1 atom stereocenters. The first kappa shape index (κ1) is 11.8. The first-order valence-corrected chi connectivity index (χ1v) is 6.13. The Kier molecular flexibility index (Phi) is 3.47. The van der Waals surface area contributed by atoms with Gasteiger partial charge in [-0.05, 0) is 12.8 Å². The minimum atomic E-state index is -0.500. The number of carbonyl (C=O) groups excluding carboxylic acids is 1. The quantitative estimate of drug-likeness (QED) is 0.722. The number of hydrogen-bond acceptors (Lipinski definition) is 2. The lowest BCUT2D eigenvalue weighted by atomic mass is 9.87. The number of halogens is 1. The molecule has 0 aromatic heterocycles. The number of ether oxygens (including phenoxy) is 1. The van der Waals surface area contributed by atoms with Crippen molar-refractivity contribution in [2.75, 3.05) is 26.4 Å². The molecule has 1 heterocycles. The molecule has 1 saturated heterocycles. The minimum absolute atomic E-state index is 0.196. The molecule has 92 valence electrons. The molecular formula is C12H20FNO2. The van der Waals surface area contributed by atoms with Gasteiger partial charge in [-0.2, -0.15) is 0 Å². The van der Waals surface area contributed by atoms with Crippen LogP contribution in [0.25, 0.3) is 0 Å². The molecule has 2 aliphatic rings. The van der Waals surface area contributed by atoms with E-state index in [1.165, 1.54) is 0 Å². The summed E-state index contributed by atoms with van der Waals surface area (Å²) >= 11 is 0. The number of alkyl halides is 1. The number of nitrogens with zero attached hydrogens (tertiary/aromatic N) is 1. The van der Waals surface area contributed by atoms with Gasteiger partial charge in [0.25, 0.3) is 0 Å². The summed E-state index contributed by atoms with van der Waals surface area (Å²) < 4.78 is 17.8. The van der Waals surface area contributed by atoms with Gasteiger partial charge >= 0.3 is 0 Å². The van der Waals surface area contributed by atoms with Crippen LogP contribution in [-0.2, 0) is 9.53 Å². The van der Waals surface area contributed by atoms with Crippen molar-refractivity contribution in [3.63, 3.8) is 0 Å². The Morgan fingerprint density at radius 1 is 1.50 bits per heavy atom. The van der Waals surface area contributed by atoms with Crippen LogP contribution in [-0.4, -0.2) is 43.3 Å². The fourth-order valence-corrected chi connectivity index (χ4v) is 2.75. The molecule has 3 nitrogen and oxygen atoms in total. The van der Waals surface area contributed by atoms with Crippen molar-refractivity contribution in [1.29, 1.82) is 0 Å². The van der Waals surface area contributed by atoms with Crippen molar-refractivity contribution in [2.45, 2.75) is 38.7 Å². The number of rotatable bonds is 2. The lowest BCUT2D eigenvalue weighted by molar-refractivity contribution is -0.149. The van der Waals surface area contributed by atoms with Gasteiger partial charge in [-0.3, -0.25) is 4.79 Å². The molecule has 2 rings (SSSR count). The third kappa shape index (κ3) is 2.21. The van der Waals surface area contributed by atoms with E-state index in [4.69, 9.17) is 4.74 Å². The van der Waals surface area contributed by atoms with Crippen molar-refractivity contribution in [3.05, 3.63) is 0 Å². The molecule has 0 N–H and O–H groups in total. The van der Waals surface area contributed by atoms with Gasteiger partial charge in [-0.15, -0.1) is 0 Å². The van der Waals surface area contributed by atoms with Crippen LogP contribution in [0.1, 0.15) is 32.6 Å². The van der Waals surface area contributed by atoms with Crippen LogP contribution in [0.4, 0.5) is 4.39 Å². The first-order chi connectivity index (χ1) is 7.65. The summed E-state index contributed by atoms with van der Waals surface area (Å²) in [7, 11) is 0. The highest BCUT2D eigenvalue weighted by Gasteiger charge is 2.40. The van der Waals surface area contributed by atoms with Gasteiger partial charge in [-0.1, -0.05) is 19.8 Å².